The highest BCUT2D eigenvalue weighted by Gasteiger charge is 2.34. The van der Waals surface area contributed by atoms with E-state index in [1.165, 1.54) is 30.7 Å². The molecule has 0 fully saturated rings. The first-order chi connectivity index (χ1) is 18.1. The van der Waals surface area contributed by atoms with Crippen LogP contribution in [0.5, 0.6) is 0 Å². The van der Waals surface area contributed by atoms with E-state index in [9.17, 15) is 18.4 Å². The summed E-state index contributed by atoms with van der Waals surface area (Å²) in [6.45, 7) is 6.61. The number of esters is 1. The van der Waals surface area contributed by atoms with Crippen LogP contribution in [0.4, 0.5) is 13.8 Å². The van der Waals surface area contributed by atoms with Gasteiger partial charge in [-0.15, -0.1) is 11.3 Å². The number of anilines is 1. The average molecular weight is 539 g/mol. The molecule has 0 unspecified atom stereocenters. The summed E-state index contributed by atoms with van der Waals surface area (Å²) in [6, 6.07) is 10.2. The summed E-state index contributed by atoms with van der Waals surface area (Å²) in [4.78, 5) is 31.8. The number of nitrogens with zero attached hydrogens (tertiary/aromatic N) is 3. The monoisotopic (exact) mass is 538 g/mol. The van der Waals surface area contributed by atoms with Crippen LogP contribution in [0.15, 0.2) is 42.6 Å². The molecule has 0 bridgehead atoms. The Morgan fingerprint density at radius 2 is 1.95 bits per heavy atom. The van der Waals surface area contributed by atoms with Gasteiger partial charge in [0, 0.05) is 10.4 Å². The fourth-order valence-corrected chi connectivity index (χ4v) is 6.27. The Balaban J connectivity index is 1.55. The smallest absolute Gasteiger partial charge is 0.341 e. The molecule has 1 atom stereocenters. The molecule has 3 heterocycles. The molecular weight excluding hydrogens is 510 g/mol. The maximum atomic E-state index is 13.9. The molecular formula is C28H28F2N4O3S. The van der Waals surface area contributed by atoms with Crippen molar-refractivity contribution < 1.29 is 23.1 Å². The van der Waals surface area contributed by atoms with Gasteiger partial charge in [0.1, 0.15) is 16.3 Å². The Morgan fingerprint density at radius 3 is 2.61 bits per heavy atom. The van der Waals surface area contributed by atoms with Crippen molar-refractivity contribution in [2.24, 2.45) is 11.3 Å². The number of benzene rings is 1. The Morgan fingerprint density at radius 1 is 1.21 bits per heavy atom. The molecule has 1 aliphatic rings. The van der Waals surface area contributed by atoms with Crippen LogP contribution >= 0.6 is 11.3 Å². The van der Waals surface area contributed by atoms with Crippen LogP contribution in [0.25, 0.3) is 16.9 Å². The first-order valence-electron chi connectivity index (χ1n) is 12.3. The largest absolute Gasteiger partial charge is 0.465 e. The van der Waals surface area contributed by atoms with Gasteiger partial charge in [-0.2, -0.15) is 5.10 Å². The predicted molar refractivity (Wildman–Crippen MR) is 142 cm³/mol. The van der Waals surface area contributed by atoms with Gasteiger partial charge < -0.3 is 10.1 Å². The summed E-state index contributed by atoms with van der Waals surface area (Å²) in [5.41, 5.74) is 1.97. The summed E-state index contributed by atoms with van der Waals surface area (Å²) in [5, 5.41) is 7.26. The number of fused-ring (bicyclic) bond motifs is 2. The lowest BCUT2D eigenvalue weighted by atomic mass is 9.72. The molecule has 3 aromatic heterocycles. The molecule has 1 amide bonds. The number of thiophene rings is 1. The lowest BCUT2D eigenvalue weighted by Crippen LogP contribution is -2.26. The van der Waals surface area contributed by atoms with E-state index in [0.717, 1.165) is 27.8 Å². The lowest BCUT2D eigenvalue weighted by Gasteiger charge is -2.33. The number of alkyl halides is 2. The fourth-order valence-electron chi connectivity index (χ4n) is 4.96. The molecule has 0 radical (unpaired) electrons. The molecule has 38 heavy (non-hydrogen) atoms. The highest BCUT2D eigenvalue weighted by atomic mass is 32.1. The number of amides is 1. The SMILES string of the molecule is COC(=O)c1c(NC(=O)c2cnn3c(C(F)F)cc(-c4ccccc4)nc23)sc2c1CC[C@H](C(C)(C)C)C2. The topological polar surface area (TPSA) is 85.6 Å². The first-order valence-corrected chi connectivity index (χ1v) is 13.2. The van der Waals surface area contributed by atoms with E-state index in [1.807, 2.05) is 6.07 Å². The Kier molecular flexibility index (Phi) is 6.77. The zero-order valence-corrected chi connectivity index (χ0v) is 22.4. The van der Waals surface area contributed by atoms with E-state index in [1.54, 1.807) is 24.3 Å². The van der Waals surface area contributed by atoms with Gasteiger partial charge in [-0.05, 0) is 42.2 Å². The highest BCUT2D eigenvalue weighted by Crippen LogP contribution is 2.44. The minimum absolute atomic E-state index is 0.00730. The van der Waals surface area contributed by atoms with Crippen molar-refractivity contribution in [2.75, 3.05) is 12.4 Å². The van der Waals surface area contributed by atoms with Gasteiger partial charge >= 0.3 is 5.97 Å². The van der Waals surface area contributed by atoms with Gasteiger partial charge in [0.15, 0.2) is 5.65 Å². The minimum atomic E-state index is -2.83. The van der Waals surface area contributed by atoms with Gasteiger partial charge in [0.05, 0.1) is 24.6 Å². The number of methoxy groups -OCH3 is 1. The minimum Gasteiger partial charge on any atom is -0.465 e. The second-order valence-corrected chi connectivity index (χ2v) is 11.6. The van der Waals surface area contributed by atoms with Crippen molar-refractivity contribution in [2.45, 2.75) is 46.5 Å². The Hall–Kier alpha value is -3.66. The molecule has 7 nitrogen and oxygen atoms in total. The Labute approximate surface area is 222 Å². The fraction of sp³-hybridized carbons (Fsp3) is 0.357. The van der Waals surface area contributed by atoms with Crippen molar-refractivity contribution >= 4 is 33.9 Å². The number of carbonyl (C=O) groups is 2. The highest BCUT2D eigenvalue weighted by molar-refractivity contribution is 7.17. The van der Waals surface area contributed by atoms with Crippen molar-refractivity contribution in [3.63, 3.8) is 0 Å². The zero-order chi connectivity index (χ0) is 27.2. The van der Waals surface area contributed by atoms with Crippen LogP contribution in [0, 0.1) is 11.3 Å². The van der Waals surface area contributed by atoms with Gasteiger partial charge in [-0.1, -0.05) is 51.1 Å². The van der Waals surface area contributed by atoms with E-state index in [4.69, 9.17) is 4.74 Å². The standard InChI is InChI=1S/C28H28F2N4O3S/c1-28(2,3)16-10-11-17-21(12-16)38-26(22(17)27(36)37-4)33-25(35)18-14-31-34-20(23(29)30)13-19(32-24(18)34)15-8-6-5-7-9-15/h5-9,13-14,16,23H,10-12H2,1-4H3,(H,33,35)/t16-/m0/s1. The second-order valence-electron chi connectivity index (χ2n) is 10.5. The van der Waals surface area contributed by atoms with Crippen molar-refractivity contribution in [1.29, 1.82) is 0 Å². The number of halogens is 2. The quantitative estimate of drug-likeness (QED) is 0.290. The number of rotatable bonds is 5. The number of aromatic nitrogens is 3. The summed E-state index contributed by atoms with van der Waals surface area (Å²) in [5.74, 6) is -0.666. The summed E-state index contributed by atoms with van der Waals surface area (Å²) in [7, 11) is 1.31. The third kappa shape index (κ3) is 4.69. The molecule has 4 aromatic rings. The van der Waals surface area contributed by atoms with Crippen LogP contribution < -0.4 is 5.32 Å². The summed E-state index contributed by atoms with van der Waals surface area (Å²) >= 11 is 1.36. The molecule has 1 aromatic carbocycles. The molecule has 1 aliphatic carbocycles. The van der Waals surface area contributed by atoms with E-state index in [-0.39, 0.29) is 22.3 Å². The van der Waals surface area contributed by atoms with Crippen molar-refractivity contribution in [3.05, 3.63) is 69.9 Å². The summed E-state index contributed by atoms with van der Waals surface area (Å²) < 4.78 is 33.9. The molecule has 0 spiro atoms. The maximum absolute atomic E-state index is 13.9. The number of ether oxygens (including phenoxy) is 1. The van der Waals surface area contributed by atoms with Gasteiger partial charge in [-0.25, -0.2) is 23.1 Å². The maximum Gasteiger partial charge on any atom is 0.341 e. The summed E-state index contributed by atoms with van der Waals surface area (Å²) in [6.07, 6.45) is 0.842. The van der Waals surface area contributed by atoms with Crippen LogP contribution in [-0.2, 0) is 17.6 Å². The van der Waals surface area contributed by atoms with E-state index < -0.39 is 18.3 Å². The lowest BCUT2D eigenvalue weighted by molar-refractivity contribution is 0.0600. The molecule has 0 saturated carbocycles. The normalized spacial score (nSPS) is 15.5. The average Bonchev–Trinajstić information content (AvgIpc) is 3.48. The molecule has 0 saturated heterocycles. The zero-order valence-electron chi connectivity index (χ0n) is 21.5. The predicted octanol–water partition coefficient (Wildman–Crippen LogP) is 6.59. The van der Waals surface area contributed by atoms with Crippen LogP contribution in [0.2, 0.25) is 0 Å². The second kappa shape index (κ2) is 9.90. The third-order valence-corrected chi connectivity index (χ3v) is 8.31. The molecule has 1 N–H and O–H groups in total. The van der Waals surface area contributed by atoms with E-state index >= 15 is 0 Å². The Bertz CT molecular complexity index is 1520. The first kappa shape index (κ1) is 26.0. The van der Waals surface area contributed by atoms with E-state index in [0.29, 0.717) is 34.2 Å². The number of nitrogens with one attached hydrogen (secondary N) is 1. The van der Waals surface area contributed by atoms with Crippen LogP contribution in [0.1, 0.15) is 70.5 Å². The molecule has 0 aliphatic heterocycles. The van der Waals surface area contributed by atoms with Gasteiger partial charge in [-0.3, -0.25) is 4.79 Å². The number of carbonyl (C=O) groups excluding carboxylic acids is 2. The van der Waals surface area contributed by atoms with Gasteiger partial charge in [0.25, 0.3) is 12.3 Å². The number of hydrogen-bond donors (Lipinski definition) is 1. The van der Waals surface area contributed by atoms with Gasteiger partial charge in [0.2, 0.25) is 0 Å². The molecule has 5 rings (SSSR count). The molecule has 10 heteroatoms. The number of hydrogen-bond acceptors (Lipinski definition) is 6. The van der Waals surface area contributed by atoms with Crippen molar-refractivity contribution in [1.82, 2.24) is 14.6 Å². The molecule has 198 valence electrons. The van der Waals surface area contributed by atoms with E-state index in [2.05, 4.69) is 36.2 Å². The van der Waals surface area contributed by atoms with Crippen LogP contribution in [-0.4, -0.2) is 33.6 Å². The van der Waals surface area contributed by atoms with Crippen LogP contribution in [0.3, 0.4) is 0 Å². The third-order valence-electron chi connectivity index (χ3n) is 7.14. The van der Waals surface area contributed by atoms with Crippen molar-refractivity contribution in [3.8, 4) is 11.3 Å².